The van der Waals surface area contributed by atoms with Crippen molar-refractivity contribution in [3.63, 3.8) is 0 Å². The minimum absolute atomic E-state index is 0.0185. The first-order chi connectivity index (χ1) is 17.0. The SMILES string of the molecule is Cc1ccc(OCCOc2ccc(F)cc2N(CC(=O)O)CC(=O)O)c(N(CC(=O)O)CC(=O)O)c1. The molecular formula is C23H25FN2O10. The summed E-state index contributed by atoms with van der Waals surface area (Å²) in [4.78, 5) is 46.8. The van der Waals surface area contributed by atoms with Crippen LogP contribution in [0.5, 0.6) is 11.5 Å². The van der Waals surface area contributed by atoms with E-state index in [0.29, 0.717) is 0 Å². The normalized spacial score (nSPS) is 10.4. The number of hydrogen-bond acceptors (Lipinski definition) is 8. The van der Waals surface area contributed by atoms with Crippen molar-refractivity contribution in [2.24, 2.45) is 0 Å². The molecule has 2 aromatic rings. The molecule has 4 N–H and O–H groups in total. The van der Waals surface area contributed by atoms with Gasteiger partial charge in [-0.2, -0.15) is 0 Å². The average molecular weight is 508 g/mol. The van der Waals surface area contributed by atoms with E-state index in [1.165, 1.54) is 6.07 Å². The Morgan fingerprint density at radius 3 is 1.50 bits per heavy atom. The third-order valence-electron chi connectivity index (χ3n) is 4.62. The lowest BCUT2D eigenvalue weighted by atomic mass is 10.2. The summed E-state index contributed by atoms with van der Waals surface area (Å²) in [5, 5.41) is 36.5. The molecule has 0 saturated carbocycles. The van der Waals surface area contributed by atoms with E-state index in [1.54, 1.807) is 25.1 Å². The Hall–Kier alpha value is -4.55. The first kappa shape index (κ1) is 27.7. The van der Waals surface area contributed by atoms with Crippen molar-refractivity contribution in [1.82, 2.24) is 0 Å². The molecule has 0 atom stereocenters. The van der Waals surface area contributed by atoms with Gasteiger partial charge in [0.2, 0.25) is 0 Å². The third-order valence-corrected chi connectivity index (χ3v) is 4.62. The fraction of sp³-hybridized carbons (Fsp3) is 0.304. The molecule has 13 heteroatoms. The number of benzene rings is 2. The van der Waals surface area contributed by atoms with Crippen molar-refractivity contribution in [1.29, 1.82) is 0 Å². The van der Waals surface area contributed by atoms with E-state index in [-0.39, 0.29) is 36.1 Å². The number of carboxylic acids is 4. The molecule has 0 spiro atoms. The van der Waals surface area contributed by atoms with Crippen LogP contribution in [-0.4, -0.2) is 83.7 Å². The molecule has 2 aromatic carbocycles. The fourth-order valence-electron chi connectivity index (χ4n) is 3.27. The van der Waals surface area contributed by atoms with Gasteiger partial charge in [-0.1, -0.05) is 6.07 Å². The van der Waals surface area contributed by atoms with Gasteiger partial charge in [0.05, 0.1) is 11.4 Å². The molecule has 36 heavy (non-hydrogen) atoms. The first-order valence-electron chi connectivity index (χ1n) is 10.5. The van der Waals surface area contributed by atoms with Crippen molar-refractivity contribution in [3.05, 3.63) is 47.8 Å². The van der Waals surface area contributed by atoms with Crippen LogP contribution >= 0.6 is 0 Å². The highest BCUT2D eigenvalue weighted by molar-refractivity contribution is 5.82. The van der Waals surface area contributed by atoms with E-state index < -0.39 is 55.9 Å². The molecule has 0 aliphatic rings. The number of hydrogen-bond donors (Lipinski definition) is 4. The van der Waals surface area contributed by atoms with Gasteiger partial charge < -0.3 is 39.7 Å². The van der Waals surface area contributed by atoms with Gasteiger partial charge in [-0.25, -0.2) is 4.39 Å². The summed E-state index contributed by atoms with van der Waals surface area (Å²) in [6.07, 6.45) is 0. The lowest BCUT2D eigenvalue weighted by molar-refractivity contribution is -0.138. The molecule has 194 valence electrons. The number of carbonyl (C=O) groups is 4. The largest absolute Gasteiger partial charge is 0.488 e. The van der Waals surface area contributed by atoms with Crippen molar-refractivity contribution in [2.45, 2.75) is 6.92 Å². The number of aryl methyl sites for hydroxylation is 1. The zero-order chi connectivity index (χ0) is 26.8. The molecule has 0 radical (unpaired) electrons. The van der Waals surface area contributed by atoms with Gasteiger partial charge in [-0.3, -0.25) is 19.2 Å². The van der Waals surface area contributed by atoms with E-state index in [1.807, 2.05) is 0 Å². The Kier molecular flexibility index (Phi) is 9.83. The summed E-state index contributed by atoms with van der Waals surface area (Å²) in [5.41, 5.74) is 0.906. The third kappa shape index (κ3) is 8.66. The summed E-state index contributed by atoms with van der Waals surface area (Å²) in [5.74, 6) is -5.63. The maximum absolute atomic E-state index is 13.8. The molecule has 0 aliphatic heterocycles. The second-order valence-electron chi connectivity index (χ2n) is 7.57. The predicted octanol–water partition coefficient (Wildman–Crippen LogP) is 1.54. The second-order valence-corrected chi connectivity index (χ2v) is 7.57. The van der Waals surface area contributed by atoms with Gasteiger partial charge in [0.1, 0.15) is 56.7 Å². The summed E-state index contributed by atoms with van der Waals surface area (Å²) >= 11 is 0. The highest BCUT2D eigenvalue weighted by Gasteiger charge is 2.21. The predicted molar refractivity (Wildman–Crippen MR) is 124 cm³/mol. The van der Waals surface area contributed by atoms with Crippen LogP contribution in [0.2, 0.25) is 0 Å². The summed E-state index contributed by atoms with van der Waals surface area (Å²) < 4.78 is 25.1. The number of carboxylic acid groups (broad SMARTS) is 4. The van der Waals surface area contributed by atoms with Crippen molar-refractivity contribution >= 4 is 35.3 Å². The fourth-order valence-corrected chi connectivity index (χ4v) is 3.27. The molecule has 2 rings (SSSR count). The number of aliphatic carboxylic acids is 4. The van der Waals surface area contributed by atoms with Crippen LogP contribution in [0, 0.1) is 12.7 Å². The number of rotatable bonds is 15. The van der Waals surface area contributed by atoms with Crippen LogP contribution in [0.3, 0.4) is 0 Å². The van der Waals surface area contributed by atoms with E-state index in [2.05, 4.69) is 0 Å². The summed E-state index contributed by atoms with van der Waals surface area (Å²) in [6.45, 7) is -1.09. The monoisotopic (exact) mass is 508 g/mol. The van der Waals surface area contributed by atoms with E-state index in [9.17, 15) is 23.6 Å². The number of nitrogens with zero attached hydrogens (tertiary/aromatic N) is 2. The van der Waals surface area contributed by atoms with Gasteiger partial charge in [-0.15, -0.1) is 0 Å². The molecule has 0 aliphatic carbocycles. The standard InChI is InChI=1S/C23H25FN2O10/c1-14-2-4-18(16(8-14)25(10-20(27)28)11-21(29)30)35-6-7-36-19-5-3-15(24)9-17(19)26(12-22(31)32)13-23(33)34/h2-5,8-9H,6-7,10-13H2,1H3,(H,27,28)(H,29,30)(H,31,32)(H,33,34). The number of ether oxygens (including phenoxy) is 2. The van der Waals surface area contributed by atoms with Gasteiger partial charge in [0.15, 0.2) is 0 Å². The van der Waals surface area contributed by atoms with E-state index in [0.717, 1.165) is 27.5 Å². The smallest absolute Gasteiger partial charge is 0.323 e. The minimum Gasteiger partial charge on any atom is -0.488 e. The van der Waals surface area contributed by atoms with E-state index >= 15 is 0 Å². The average Bonchev–Trinajstić information content (AvgIpc) is 2.76. The molecule has 0 saturated heterocycles. The van der Waals surface area contributed by atoms with Crippen molar-refractivity contribution in [2.75, 3.05) is 49.2 Å². The molecule has 0 fully saturated rings. The van der Waals surface area contributed by atoms with Gasteiger partial charge in [-0.05, 0) is 36.8 Å². The van der Waals surface area contributed by atoms with Gasteiger partial charge in [0, 0.05) is 6.07 Å². The Morgan fingerprint density at radius 1 is 0.694 bits per heavy atom. The first-order valence-corrected chi connectivity index (χ1v) is 10.5. The number of halogens is 1. The van der Waals surface area contributed by atoms with Gasteiger partial charge in [0.25, 0.3) is 0 Å². The lowest BCUT2D eigenvalue weighted by Gasteiger charge is -2.25. The van der Waals surface area contributed by atoms with Crippen molar-refractivity contribution in [3.8, 4) is 11.5 Å². The Bertz CT molecular complexity index is 1000. The van der Waals surface area contributed by atoms with Crippen LogP contribution in [0.25, 0.3) is 0 Å². The highest BCUT2D eigenvalue weighted by Crippen LogP contribution is 2.31. The van der Waals surface area contributed by atoms with Crippen molar-refractivity contribution < 1.29 is 53.5 Å². The van der Waals surface area contributed by atoms with Crippen LogP contribution in [0.1, 0.15) is 5.56 Å². The van der Waals surface area contributed by atoms with E-state index in [4.69, 9.17) is 29.9 Å². The zero-order valence-corrected chi connectivity index (χ0v) is 19.2. The quantitative estimate of drug-likeness (QED) is 0.256. The molecule has 0 aromatic heterocycles. The van der Waals surface area contributed by atoms with Crippen LogP contribution in [-0.2, 0) is 19.2 Å². The number of anilines is 2. The topological polar surface area (TPSA) is 174 Å². The Balaban J connectivity index is 2.18. The Labute approximate surface area is 204 Å². The molecular weight excluding hydrogens is 483 g/mol. The maximum atomic E-state index is 13.8. The molecule has 0 amide bonds. The highest BCUT2D eigenvalue weighted by atomic mass is 19.1. The van der Waals surface area contributed by atoms with Gasteiger partial charge >= 0.3 is 23.9 Å². The van der Waals surface area contributed by atoms with Crippen LogP contribution in [0.15, 0.2) is 36.4 Å². The van der Waals surface area contributed by atoms with Crippen LogP contribution in [0.4, 0.5) is 15.8 Å². The zero-order valence-electron chi connectivity index (χ0n) is 19.2. The molecule has 0 heterocycles. The molecule has 0 bridgehead atoms. The molecule has 0 unspecified atom stereocenters. The summed E-state index contributed by atoms with van der Waals surface area (Å²) in [7, 11) is 0. The lowest BCUT2D eigenvalue weighted by Crippen LogP contribution is -2.35. The second kappa shape index (κ2) is 12.8. The summed E-state index contributed by atoms with van der Waals surface area (Å²) in [6, 6.07) is 8.05. The van der Waals surface area contributed by atoms with Crippen LogP contribution < -0.4 is 19.3 Å². The Morgan fingerprint density at radius 2 is 1.08 bits per heavy atom. The maximum Gasteiger partial charge on any atom is 0.323 e. The minimum atomic E-state index is -1.33. The molecule has 12 nitrogen and oxygen atoms in total.